The smallest absolute Gasteiger partial charge is 0.486 e. The second-order valence-corrected chi connectivity index (χ2v) is 2.83. The second-order valence-electron chi connectivity index (χ2n) is 2.83. The molecule has 0 amide bonds. The summed E-state index contributed by atoms with van der Waals surface area (Å²) in [5.74, 6) is -0.192. The fraction of sp³-hybridized carbons (Fsp3) is 0.222. The molecule has 7 heteroatoms. The SMILES string of the molecule is N=C(N)COc1ccc(OC(F)(F)F)cc1. The van der Waals surface area contributed by atoms with Crippen LogP contribution in [0.5, 0.6) is 11.5 Å². The van der Waals surface area contributed by atoms with Gasteiger partial charge in [-0.05, 0) is 24.3 Å². The lowest BCUT2D eigenvalue weighted by atomic mass is 10.3. The van der Waals surface area contributed by atoms with Gasteiger partial charge in [0, 0.05) is 0 Å². The van der Waals surface area contributed by atoms with Crippen LogP contribution in [-0.4, -0.2) is 18.8 Å². The van der Waals surface area contributed by atoms with Crippen molar-refractivity contribution in [1.29, 1.82) is 5.41 Å². The fourth-order valence-electron chi connectivity index (χ4n) is 0.899. The Bertz CT molecular complexity index is 362. The molecule has 0 unspecified atom stereocenters. The molecule has 1 aromatic carbocycles. The second kappa shape index (κ2) is 4.73. The lowest BCUT2D eigenvalue weighted by Crippen LogP contribution is -2.19. The van der Waals surface area contributed by atoms with Gasteiger partial charge in [0.15, 0.2) is 0 Å². The van der Waals surface area contributed by atoms with Gasteiger partial charge in [-0.2, -0.15) is 0 Å². The van der Waals surface area contributed by atoms with Gasteiger partial charge in [-0.3, -0.25) is 5.41 Å². The van der Waals surface area contributed by atoms with Crippen LogP contribution < -0.4 is 15.2 Å². The van der Waals surface area contributed by atoms with E-state index in [1.54, 1.807) is 0 Å². The predicted octanol–water partition coefficient (Wildman–Crippen LogP) is 1.90. The maximum Gasteiger partial charge on any atom is 0.573 e. The van der Waals surface area contributed by atoms with E-state index in [2.05, 4.69) is 4.74 Å². The van der Waals surface area contributed by atoms with E-state index in [0.717, 1.165) is 12.1 Å². The highest BCUT2D eigenvalue weighted by Gasteiger charge is 2.30. The minimum absolute atomic E-state index is 0.112. The van der Waals surface area contributed by atoms with Gasteiger partial charge in [0.05, 0.1) is 0 Å². The zero-order valence-electron chi connectivity index (χ0n) is 8.04. The third kappa shape index (κ3) is 4.54. The van der Waals surface area contributed by atoms with Crippen molar-refractivity contribution in [3.05, 3.63) is 24.3 Å². The van der Waals surface area contributed by atoms with Crippen molar-refractivity contribution in [3.63, 3.8) is 0 Å². The lowest BCUT2D eigenvalue weighted by molar-refractivity contribution is -0.274. The first-order valence-corrected chi connectivity index (χ1v) is 4.18. The van der Waals surface area contributed by atoms with Gasteiger partial charge in [-0.15, -0.1) is 13.2 Å². The first-order chi connectivity index (χ1) is 7.37. The summed E-state index contributed by atoms with van der Waals surface area (Å²) in [4.78, 5) is 0. The number of nitrogens with one attached hydrogen (secondary N) is 1. The maximum atomic E-state index is 11.8. The molecule has 0 saturated heterocycles. The number of ether oxygens (including phenoxy) is 2. The van der Waals surface area contributed by atoms with Crippen LogP contribution >= 0.6 is 0 Å². The zero-order valence-corrected chi connectivity index (χ0v) is 8.04. The first-order valence-electron chi connectivity index (χ1n) is 4.18. The molecular formula is C9H9F3N2O2. The standard InChI is InChI=1S/C9H9F3N2O2/c10-9(11,12)16-7-3-1-6(2-4-7)15-5-8(13)14/h1-4H,5H2,(H3,13,14). The van der Waals surface area contributed by atoms with Gasteiger partial charge in [0.25, 0.3) is 0 Å². The Morgan fingerprint density at radius 1 is 1.19 bits per heavy atom. The van der Waals surface area contributed by atoms with Crippen LogP contribution in [0.1, 0.15) is 0 Å². The summed E-state index contributed by atoms with van der Waals surface area (Å²) >= 11 is 0. The minimum Gasteiger partial charge on any atom is -0.486 e. The lowest BCUT2D eigenvalue weighted by Gasteiger charge is -2.09. The molecule has 1 rings (SSSR count). The molecule has 0 saturated carbocycles. The van der Waals surface area contributed by atoms with Crippen molar-refractivity contribution in [2.24, 2.45) is 5.73 Å². The Labute approximate surface area is 89.3 Å². The summed E-state index contributed by atoms with van der Waals surface area (Å²) in [7, 11) is 0. The minimum atomic E-state index is -4.71. The van der Waals surface area contributed by atoms with Crippen LogP contribution in [0.4, 0.5) is 13.2 Å². The number of benzene rings is 1. The summed E-state index contributed by atoms with van der Waals surface area (Å²) in [5.41, 5.74) is 5.04. The number of halogens is 3. The Kier molecular flexibility index (Phi) is 3.60. The normalized spacial score (nSPS) is 10.9. The molecule has 0 heterocycles. The number of amidine groups is 1. The Morgan fingerprint density at radius 2 is 1.69 bits per heavy atom. The number of rotatable bonds is 4. The van der Waals surface area contributed by atoms with Crippen molar-refractivity contribution in [1.82, 2.24) is 0 Å². The van der Waals surface area contributed by atoms with Gasteiger partial charge in [-0.1, -0.05) is 0 Å². The molecular weight excluding hydrogens is 225 g/mol. The molecule has 16 heavy (non-hydrogen) atoms. The Balaban J connectivity index is 2.57. The quantitative estimate of drug-likeness (QED) is 0.617. The molecule has 1 aromatic rings. The monoisotopic (exact) mass is 234 g/mol. The van der Waals surface area contributed by atoms with E-state index < -0.39 is 6.36 Å². The van der Waals surface area contributed by atoms with E-state index in [1.165, 1.54) is 12.1 Å². The summed E-state index contributed by atoms with van der Waals surface area (Å²) in [6.45, 7) is -0.112. The number of hydrogen-bond donors (Lipinski definition) is 2. The molecule has 88 valence electrons. The van der Waals surface area contributed by atoms with Gasteiger partial charge in [0.1, 0.15) is 23.9 Å². The molecule has 0 aliphatic carbocycles. The molecule has 0 aliphatic heterocycles. The zero-order chi connectivity index (χ0) is 12.2. The highest BCUT2D eigenvalue weighted by molar-refractivity contribution is 5.78. The summed E-state index contributed by atoms with van der Waals surface area (Å²) in [6.07, 6.45) is -4.71. The van der Waals surface area contributed by atoms with Gasteiger partial charge < -0.3 is 15.2 Å². The fourth-order valence-corrected chi connectivity index (χ4v) is 0.899. The molecule has 0 atom stereocenters. The van der Waals surface area contributed by atoms with Crippen LogP contribution in [0.2, 0.25) is 0 Å². The van der Waals surface area contributed by atoms with Crippen LogP contribution in [0.3, 0.4) is 0 Å². The Hall–Kier alpha value is -1.92. The summed E-state index contributed by atoms with van der Waals surface area (Å²) in [5, 5.41) is 6.88. The first kappa shape index (κ1) is 12.2. The number of nitrogens with two attached hydrogens (primary N) is 1. The van der Waals surface area contributed by atoms with Crippen LogP contribution in [0.15, 0.2) is 24.3 Å². The molecule has 3 N–H and O–H groups in total. The molecule has 0 spiro atoms. The van der Waals surface area contributed by atoms with E-state index >= 15 is 0 Å². The van der Waals surface area contributed by atoms with Gasteiger partial charge >= 0.3 is 6.36 Å². The highest BCUT2D eigenvalue weighted by Crippen LogP contribution is 2.24. The highest BCUT2D eigenvalue weighted by atomic mass is 19.4. The molecule has 0 fully saturated rings. The van der Waals surface area contributed by atoms with Gasteiger partial charge in [0.2, 0.25) is 0 Å². The number of hydrogen-bond acceptors (Lipinski definition) is 3. The molecule has 0 aliphatic rings. The van der Waals surface area contributed by atoms with Crippen molar-refractivity contribution in [3.8, 4) is 11.5 Å². The third-order valence-corrected chi connectivity index (χ3v) is 1.45. The third-order valence-electron chi connectivity index (χ3n) is 1.45. The van der Waals surface area contributed by atoms with Crippen molar-refractivity contribution in [2.45, 2.75) is 6.36 Å². The predicted molar refractivity (Wildman–Crippen MR) is 50.5 cm³/mol. The summed E-state index contributed by atoms with van der Waals surface area (Å²) in [6, 6.07) is 4.82. The Morgan fingerprint density at radius 3 is 2.12 bits per heavy atom. The van der Waals surface area contributed by atoms with E-state index in [1.807, 2.05) is 0 Å². The average molecular weight is 234 g/mol. The van der Waals surface area contributed by atoms with E-state index in [4.69, 9.17) is 15.9 Å². The van der Waals surface area contributed by atoms with Crippen LogP contribution in [-0.2, 0) is 0 Å². The van der Waals surface area contributed by atoms with E-state index in [0.29, 0.717) is 5.75 Å². The molecule has 0 aromatic heterocycles. The van der Waals surface area contributed by atoms with Crippen molar-refractivity contribution >= 4 is 5.84 Å². The molecule has 0 radical (unpaired) electrons. The molecule has 0 bridgehead atoms. The average Bonchev–Trinajstić information content (AvgIpc) is 2.14. The maximum absolute atomic E-state index is 11.8. The summed E-state index contributed by atoms with van der Waals surface area (Å²) < 4.78 is 44.0. The van der Waals surface area contributed by atoms with Gasteiger partial charge in [-0.25, -0.2) is 0 Å². The van der Waals surface area contributed by atoms with Crippen LogP contribution in [0.25, 0.3) is 0 Å². The van der Waals surface area contributed by atoms with Crippen molar-refractivity contribution < 1.29 is 22.6 Å². The number of alkyl halides is 3. The molecule has 4 nitrogen and oxygen atoms in total. The topological polar surface area (TPSA) is 68.3 Å². The van der Waals surface area contributed by atoms with E-state index in [9.17, 15) is 13.2 Å². The van der Waals surface area contributed by atoms with E-state index in [-0.39, 0.29) is 18.2 Å². The van der Waals surface area contributed by atoms with Crippen molar-refractivity contribution in [2.75, 3.05) is 6.61 Å². The largest absolute Gasteiger partial charge is 0.573 e. The van der Waals surface area contributed by atoms with Crippen LogP contribution in [0, 0.1) is 5.41 Å².